The average molecular weight is 322 g/mol. The third kappa shape index (κ3) is 4.80. The quantitative estimate of drug-likeness (QED) is 0.813. The summed E-state index contributed by atoms with van der Waals surface area (Å²) in [7, 11) is 0. The number of furan rings is 1. The monoisotopic (exact) mass is 322 g/mol. The minimum Gasteiger partial charge on any atom is -0.469 e. The fraction of sp³-hybridized carbons (Fsp3) is 0.706. The molecule has 0 aliphatic carbocycles. The number of amides is 1. The largest absolute Gasteiger partial charge is 0.469 e. The van der Waals surface area contributed by atoms with E-state index in [-0.39, 0.29) is 5.91 Å². The molecule has 2 saturated heterocycles. The van der Waals surface area contributed by atoms with Gasteiger partial charge in [-0.1, -0.05) is 0 Å². The van der Waals surface area contributed by atoms with Gasteiger partial charge in [0.1, 0.15) is 5.76 Å². The molecule has 2 aliphatic rings. The van der Waals surface area contributed by atoms with Crippen LogP contribution < -0.4 is 5.32 Å². The van der Waals surface area contributed by atoms with Gasteiger partial charge in [-0.05, 0) is 18.6 Å². The number of hydrogen-bond donors (Lipinski definition) is 1. The smallest absolute Gasteiger partial charge is 0.220 e. The highest BCUT2D eigenvalue weighted by atomic mass is 16.5. The van der Waals surface area contributed by atoms with Crippen LogP contribution in [-0.4, -0.2) is 62.9 Å². The summed E-state index contributed by atoms with van der Waals surface area (Å²) in [4.78, 5) is 14.6. The van der Waals surface area contributed by atoms with E-state index in [0.29, 0.717) is 31.3 Å². The Morgan fingerprint density at radius 3 is 2.87 bits per heavy atom. The summed E-state index contributed by atoms with van der Waals surface area (Å²) in [6, 6.07) is 4.09. The van der Waals surface area contributed by atoms with Crippen LogP contribution in [0.25, 0.3) is 0 Å². The molecule has 0 aromatic carbocycles. The first-order valence-corrected chi connectivity index (χ1v) is 8.51. The van der Waals surface area contributed by atoms with E-state index in [2.05, 4.69) is 10.2 Å². The summed E-state index contributed by atoms with van der Waals surface area (Å²) in [5.41, 5.74) is 0. The highest BCUT2D eigenvalue weighted by Gasteiger charge is 2.31. The van der Waals surface area contributed by atoms with Crippen molar-refractivity contribution in [2.24, 2.45) is 5.92 Å². The van der Waals surface area contributed by atoms with Crippen molar-refractivity contribution in [1.82, 2.24) is 10.2 Å². The van der Waals surface area contributed by atoms with Crippen molar-refractivity contribution in [2.75, 3.05) is 46.1 Å². The molecule has 0 saturated carbocycles. The Kier molecular flexibility index (Phi) is 6.07. The number of carbonyl (C=O) groups is 1. The van der Waals surface area contributed by atoms with Gasteiger partial charge in [0.15, 0.2) is 0 Å². The molecule has 6 nitrogen and oxygen atoms in total. The summed E-state index contributed by atoms with van der Waals surface area (Å²) in [6.07, 6.45) is 3.82. The second-order valence-corrected chi connectivity index (χ2v) is 6.22. The number of carbonyl (C=O) groups excluding carboxylic acids is 1. The Morgan fingerprint density at radius 2 is 2.17 bits per heavy atom. The molecular weight excluding hydrogens is 296 g/mol. The van der Waals surface area contributed by atoms with Crippen LogP contribution in [-0.2, 0) is 20.7 Å². The molecule has 1 N–H and O–H groups in total. The van der Waals surface area contributed by atoms with Gasteiger partial charge in [0, 0.05) is 51.0 Å². The van der Waals surface area contributed by atoms with E-state index in [9.17, 15) is 4.79 Å². The van der Waals surface area contributed by atoms with Gasteiger partial charge in [-0.3, -0.25) is 9.69 Å². The van der Waals surface area contributed by atoms with Crippen molar-refractivity contribution in [1.29, 1.82) is 0 Å². The highest BCUT2D eigenvalue weighted by molar-refractivity contribution is 5.76. The summed E-state index contributed by atoms with van der Waals surface area (Å²) in [5.74, 6) is 1.44. The normalized spacial score (nSPS) is 23.7. The molecule has 0 radical (unpaired) electrons. The van der Waals surface area contributed by atoms with Gasteiger partial charge in [0.25, 0.3) is 0 Å². The van der Waals surface area contributed by atoms with E-state index in [1.807, 2.05) is 12.1 Å². The maximum absolute atomic E-state index is 12.1. The van der Waals surface area contributed by atoms with Gasteiger partial charge < -0.3 is 19.2 Å². The minimum atomic E-state index is 0.0820. The molecule has 0 bridgehead atoms. The van der Waals surface area contributed by atoms with Gasteiger partial charge in [-0.25, -0.2) is 0 Å². The predicted molar refractivity (Wildman–Crippen MR) is 85.1 cm³/mol. The standard InChI is InChI=1S/C17H26N2O4/c20-17(4-3-15-2-1-8-23-15)18-12-16(14-5-9-22-13-14)19-6-10-21-11-7-19/h1-2,8,14,16H,3-7,9-13H2,(H,18,20)/t14-,16-/m0/s1. The predicted octanol–water partition coefficient (Wildman–Crippen LogP) is 1.07. The molecule has 2 aliphatic heterocycles. The van der Waals surface area contributed by atoms with E-state index in [1.54, 1.807) is 6.26 Å². The van der Waals surface area contributed by atoms with Crippen LogP contribution in [0.2, 0.25) is 0 Å². The van der Waals surface area contributed by atoms with Crippen LogP contribution >= 0.6 is 0 Å². The Bertz CT molecular complexity index is 465. The number of nitrogens with one attached hydrogen (secondary N) is 1. The number of rotatable bonds is 7. The SMILES string of the molecule is O=C(CCc1ccco1)NC[C@@H]([C@H]1CCOC1)N1CCOCC1. The van der Waals surface area contributed by atoms with Crippen LogP contribution in [0, 0.1) is 5.92 Å². The zero-order valence-electron chi connectivity index (χ0n) is 13.5. The topological polar surface area (TPSA) is 63.9 Å². The van der Waals surface area contributed by atoms with Crippen molar-refractivity contribution >= 4 is 5.91 Å². The van der Waals surface area contributed by atoms with Gasteiger partial charge in [0.05, 0.1) is 26.1 Å². The van der Waals surface area contributed by atoms with Gasteiger partial charge in [-0.15, -0.1) is 0 Å². The number of aryl methyl sites for hydroxylation is 1. The Balaban J connectivity index is 1.47. The fourth-order valence-electron chi connectivity index (χ4n) is 3.36. The maximum Gasteiger partial charge on any atom is 0.220 e. The molecule has 23 heavy (non-hydrogen) atoms. The molecule has 3 heterocycles. The molecule has 3 rings (SSSR count). The number of hydrogen-bond acceptors (Lipinski definition) is 5. The Labute approximate surface area is 137 Å². The minimum absolute atomic E-state index is 0.0820. The molecule has 128 valence electrons. The van der Waals surface area contributed by atoms with Gasteiger partial charge in [0.2, 0.25) is 5.91 Å². The van der Waals surface area contributed by atoms with E-state index in [4.69, 9.17) is 13.9 Å². The summed E-state index contributed by atoms with van der Waals surface area (Å²) < 4.78 is 16.3. The van der Waals surface area contributed by atoms with Crippen LogP contribution in [0.3, 0.4) is 0 Å². The number of nitrogens with zero attached hydrogens (tertiary/aromatic N) is 1. The molecule has 6 heteroatoms. The van der Waals surface area contributed by atoms with Crippen LogP contribution in [0.15, 0.2) is 22.8 Å². The molecule has 2 fully saturated rings. The van der Waals surface area contributed by atoms with Crippen molar-refractivity contribution < 1.29 is 18.7 Å². The first kappa shape index (κ1) is 16.5. The fourth-order valence-corrected chi connectivity index (χ4v) is 3.36. The van der Waals surface area contributed by atoms with Crippen molar-refractivity contribution in [3.8, 4) is 0 Å². The first-order chi connectivity index (χ1) is 11.3. The Morgan fingerprint density at radius 1 is 1.30 bits per heavy atom. The molecule has 1 aromatic rings. The molecular formula is C17H26N2O4. The average Bonchev–Trinajstić information content (AvgIpc) is 3.28. The molecule has 2 atom stereocenters. The second kappa shape index (κ2) is 8.47. The lowest BCUT2D eigenvalue weighted by atomic mass is 9.96. The van der Waals surface area contributed by atoms with Crippen LogP contribution in [0.5, 0.6) is 0 Å². The lowest BCUT2D eigenvalue weighted by Crippen LogP contribution is -2.52. The maximum atomic E-state index is 12.1. The van der Waals surface area contributed by atoms with Gasteiger partial charge >= 0.3 is 0 Å². The third-order valence-electron chi connectivity index (χ3n) is 4.71. The van der Waals surface area contributed by atoms with Crippen molar-refractivity contribution in [3.05, 3.63) is 24.2 Å². The van der Waals surface area contributed by atoms with Crippen LogP contribution in [0.1, 0.15) is 18.6 Å². The number of ether oxygens (including phenoxy) is 2. The number of morpholine rings is 1. The first-order valence-electron chi connectivity index (χ1n) is 8.51. The summed E-state index contributed by atoms with van der Waals surface area (Å²) >= 11 is 0. The van der Waals surface area contributed by atoms with E-state index in [1.165, 1.54) is 0 Å². The second-order valence-electron chi connectivity index (χ2n) is 6.22. The van der Waals surface area contributed by atoms with Crippen molar-refractivity contribution in [3.63, 3.8) is 0 Å². The zero-order valence-corrected chi connectivity index (χ0v) is 13.5. The molecule has 1 aromatic heterocycles. The van der Waals surface area contributed by atoms with E-state index in [0.717, 1.165) is 51.7 Å². The van der Waals surface area contributed by atoms with Crippen LogP contribution in [0.4, 0.5) is 0 Å². The summed E-state index contributed by atoms with van der Waals surface area (Å²) in [6.45, 7) is 5.73. The third-order valence-corrected chi connectivity index (χ3v) is 4.71. The molecule has 1 amide bonds. The molecule has 0 unspecified atom stereocenters. The summed E-state index contributed by atoms with van der Waals surface area (Å²) in [5, 5.41) is 3.10. The highest BCUT2D eigenvalue weighted by Crippen LogP contribution is 2.21. The van der Waals surface area contributed by atoms with E-state index < -0.39 is 0 Å². The van der Waals surface area contributed by atoms with Gasteiger partial charge in [-0.2, -0.15) is 0 Å². The van der Waals surface area contributed by atoms with Crippen molar-refractivity contribution in [2.45, 2.75) is 25.3 Å². The molecule has 0 spiro atoms. The lowest BCUT2D eigenvalue weighted by Gasteiger charge is -2.37. The Hall–Kier alpha value is -1.37. The zero-order chi connectivity index (χ0) is 15.9. The lowest BCUT2D eigenvalue weighted by molar-refractivity contribution is -0.121. The van der Waals surface area contributed by atoms with E-state index >= 15 is 0 Å².